The van der Waals surface area contributed by atoms with Crippen molar-refractivity contribution in [3.8, 4) is 0 Å². The molecule has 0 N–H and O–H groups in total. The summed E-state index contributed by atoms with van der Waals surface area (Å²) in [4.78, 5) is 9.25. The normalized spacial score (nSPS) is 12.0. The Kier molecular flexibility index (Phi) is 10.8. The minimum atomic E-state index is -1.57. The van der Waals surface area contributed by atoms with Crippen molar-refractivity contribution in [3.05, 3.63) is 46.3 Å². The van der Waals surface area contributed by atoms with Crippen LogP contribution >= 0.6 is 0 Å². The average molecular weight is 296 g/mol. The predicted molar refractivity (Wildman–Crippen MR) is 72.3 cm³/mol. The van der Waals surface area contributed by atoms with Crippen molar-refractivity contribution in [2.24, 2.45) is 0 Å². The molecule has 0 aliphatic carbocycles. The van der Waals surface area contributed by atoms with Crippen molar-refractivity contribution in [1.82, 2.24) is 0 Å². The molecule has 0 heterocycles. The van der Waals surface area contributed by atoms with Crippen LogP contribution in [0.4, 0.5) is 0 Å². The van der Waals surface area contributed by atoms with E-state index in [-0.39, 0.29) is 47.8 Å². The third-order valence-electron chi connectivity index (χ3n) is 2.83. The first-order chi connectivity index (χ1) is 7.92. The molecule has 0 amide bonds. The summed E-state index contributed by atoms with van der Waals surface area (Å²) in [6.45, 7) is 2.97. The molecule has 0 aliphatic heterocycles. The molecule has 0 aliphatic rings. The molecule has 6 heteroatoms. The molecule has 1 aromatic carbocycles. The standard InChI is InChI=1S/C13H18NO3.ClH.Mg/c1-11(8-9-12(2)15)14(16,17)10-13-6-4-3-5-7-13;;/h3-7,11H,8-10H2,1-2H3;1H;/q-1;;+2/p-1. The molecule has 0 radical (unpaired) electrons. The first-order valence-corrected chi connectivity index (χ1v) is 5.75. The van der Waals surface area contributed by atoms with Gasteiger partial charge in [0.05, 0.1) is 6.04 Å². The molecular formula is C13H18ClMgNO3. The van der Waals surface area contributed by atoms with Crippen LogP contribution in [-0.2, 0) is 11.3 Å². The third-order valence-corrected chi connectivity index (χ3v) is 2.83. The van der Waals surface area contributed by atoms with Crippen molar-refractivity contribution >= 4 is 28.8 Å². The second-order valence-electron chi connectivity index (χ2n) is 4.46. The smallest absolute Gasteiger partial charge is 1.00 e. The number of carbonyl (C=O) groups is 1. The Morgan fingerprint density at radius 2 is 1.79 bits per heavy atom. The molecule has 0 saturated carbocycles. The molecule has 0 fully saturated rings. The molecular weight excluding hydrogens is 278 g/mol. The fraction of sp³-hybridized carbons (Fsp3) is 0.462. The minimum Gasteiger partial charge on any atom is -1.00 e. The van der Waals surface area contributed by atoms with Gasteiger partial charge >= 0.3 is 23.1 Å². The number of hydroxylamine groups is 4. The molecule has 1 unspecified atom stereocenters. The quantitative estimate of drug-likeness (QED) is 0.399. The zero-order valence-corrected chi connectivity index (χ0v) is 13.5. The Balaban J connectivity index is 0. The Morgan fingerprint density at radius 1 is 1.26 bits per heavy atom. The largest absolute Gasteiger partial charge is 2.00 e. The molecule has 0 spiro atoms. The van der Waals surface area contributed by atoms with Gasteiger partial charge in [-0.2, -0.15) is 0 Å². The maximum Gasteiger partial charge on any atom is 2.00 e. The van der Waals surface area contributed by atoms with E-state index in [9.17, 15) is 15.2 Å². The molecule has 1 aromatic rings. The molecule has 1 atom stereocenters. The van der Waals surface area contributed by atoms with Crippen LogP contribution in [0.3, 0.4) is 0 Å². The number of ketones is 1. The van der Waals surface area contributed by atoms with Crippen molar-refractivity contribution < 1.29 is 22.0 Å². The van der Waals surface area contributed by atoms with Crippen molar-refractivity contribution in [2.45, 2.75) is 39.3 Å². The number of nitrogens with zero attached hydrogens (tertiary/aromatic N) is 1. The summed E-state index contributed by atoms with van der Waals surface area (Å²) in [7, 11) is 0. The van der Waals surface area contributed by atoms with E-state index >= 15 is 0 Å². The van der Waals surface area contributed by atoms with Crippen molar-refractivity contribution in [1.29, 1.82) is 0 Å². The van der Waals surface area contributed by atoms with E-state index in [1.165, 1.54) is 6.92 Å². The van der Waals surface area contributed by atoms with Crippen LogP contribution in [0.1, 0.15) is 32.3 Å². The summed E-state index contributed by atoms with van der Waals surface area (Å²) in [6.07, 6.45) is 0.635. The maximum absolute atomic E-state index is 11.9. The topological polar surface area (TPSA) is 63.2 Å². The van der Waals surface area contributed by atoms with Crippen molar-refractivity contribution in [3.63, 3.8) is 0 Å². The molecule has 0 aromatic heterocycles. The van der Waals surface area contributed by atoms with E-state index in [4.69, 9.17) is 0 Å². The fourth-order valence-electron chi connectivity index (χ4n) is 1.60. The van der Waals surface area contributed by atoms with Gasteiger partial charge in [0.25, 0.3) is 0 Å². The molecule has 102 valence electrons. The zero-order chi connectivity index (χ0) is 12.9. The number of hydrogen-bond donors (Lipinski definition) is 0. The van der Waals surface area contributed by atoms with Gasteiger partial charge in [0.2, 0.25) is 0 Å². The van der Waals surface area contributed by atoms with Gasteiger partial charge in [-0.05, 0) is 13.8 Å². The van der Waals surface area contributed by atoms with Crippen LogP contribution in [0.15, 0.2) is 30.3 Å². The van der Waals surface area contributed by atoms with E-state index < -0.39 is 10.9 Å². The van der Waals surface area contributed by atoms with Crippen LogP contribution in [0.2, 0.25) is 0 Å². The predicted octanol–water partition coefficient (Wildman–Crippen LogP) is -0.620. The third kappa shape index (κ3) is 7.87. The van der Waals surface area contributed by atoms with E-state index in [0.717, 1.165) is 5.56 Å². The van der Waals surface area contributed by atoms with Crippen LogP contribution in [-0.4, -0.2) is 39.7 Å². The molecule has 19 heavy (non-hydrogen) atoms. The summed E-state index contributed by atoms with van der Waals surface area (Å²) in [5, 5.41) is 23.7. The summed E-state index contributed by atoms with van der Waals surface area (Å²) < 4.78 is 0. The Bertz CT molecular complexity index is 373. The van der Waals surface area contributed by atoms with E-state index in [1.54, 1.807) is 31.2 Å². The van der Waals surface area contributed by atoms with Crippen molar-refractivity contribution in [2.75, 3.05) is 0 Å². The average Bonchev–Trinajstić information content (AvgIpc) is 2.26. The van der Waals surface area contributed by atoms with E-state index in [2.05, 4.69) is 0 Å². The second-order valence-corrected chi connectivity index (χ2v) is 4.46. The summed E-state index contributed by atoms with van der Waals surface area (Å²) in [5.41, 5.74) is 0.729. The van der Waals surface area contributed by atoms with Crippen LogP contribution < -0.4 is 12.4 Å². The molecule has 4 nitrogen and oxygen atoms in total. The van der Waals surface area contributed by atoms with E-state index in [0.29, 0.717) is 12.8 Å². The van der Waals surface area contributed by atoms with E-state index in [1.807, 2.05) is 6.07 Å². The Morgan fingerprint density at radius 3 is 2.26 bits per heavy atom. The minimum absolute atomic E-state index is 0. The van der Waals surface area contributed by atoms with Gasteiger partial charge in [0.15, 0.2) is 0 Å². The van der Waals surface area contributed by atoms with Crippen LogP contribution in [0, 0.1) is 10.4 Å². The maximum atomic E-state index is 11.9. The summed E-state index contributed by atoms with van der Waals surface area (Å²) in [6, 6.07) is 8.36. The number of hydrogen-bond acceptors (Lipinski definition) is 3. The first-order valence-electron chi connectivity index (χ1n) is 5.75. The van der Waals surface area contributed by atoms with Gasteiger partial charge in [-0.25, -0.2) is 0 Å². The molecule has 0 bridgehead atoms. The van der Waals surface area contributed by atoms with Gasteiger partial charge in [-0.3, -0.25) is 0 Å². The number of benzene rings is 1. The SMILES string of the molecule is CC(=O)CCC(C)[N+]([O-])([O-])Cc1ccccc1.[Cl-].[Mg+2]. The fourth-order valence-corrected chi connectivity index (χ4v) is 1.60. The summed E-state index contributed by atoms with van der Waals surface area (Å²) in [5.74, 6) is 0.0107. The van der Waals surface area contributed by atoms with Crippen LogP contribution in [0.5, 0.6) is 0 Å². The van der Waals surface area contributed by atoms with Gasteiger partial charge in [0, 0.05) is 18.4 Å². The second kappa shape index (κ2) is 9.69. The van der Waals surface area contributed by atoms with Gasteiger partial charge in [-0.1, -0.05) is 30.3 Å². The van der Waals surface area contributed by atoms with Gasteiger partial charge in [0.1, 0.15) is 12.3 Å². The molecule has 0 saturated heterocycles. The van der Waals surface area contributed by atoms with Crippen LogP contribution in [0.25, 0.3) is 0 Å². The zero-order valence-electron chi connectivity index (χ0n) is 11.3. The monoisotopic (exact) mass is 295 g/mol. The number of rotatable bonds is 6. The molecule has 1 rings (SSSR count). The number of Topliss-reactive ketones (excluding diaryl/α,β-unsaturated/α-hetero) is 1. The van der Waals surface area contributed by atoms with Gasteiger partial charge < -0.3 is 32.4 Å². The first kappa shape index (κ1) is 21.1. The van der Waals surface area contributed by atoms with Gasteiger partial charge in [-0.15, -0.1) is 0 Å². The number of carbonyl (C=O) groups excluding carboxylic acids is 1. The number of halogens is 1. The number of quaternary nitrogens is 1. The Labute approximate surface area is 136 Å². The summed E-state index contributed by atoms with van der Waals surface area (Å²) >= 11 is 0. The Hall–Kier alpha value is -0.174.